The molecular weight excluding hydrogens is 230 g/mol. The summed E-state index contributed by atoms with van der Waals surface area (Å²) in [6.45, 7) is 4.66. The van der Waals surface area contributed by atoms with Crippen LogP contribution in [0.3, 0.4) is 0 Å². The van der Waals surface area contributed by atoms with Crippen LogP contribution in [-0.2, 0) is 0 Å². The van der Waals surface area contributed by atoms with Crippen LogP contribution >= 0.6 is 0 Å². The van der Waals surface area contributed by atoms with E-state index in [1.165, 1.54) is 0 Å². The van der Waals surface area contributed by atoms with Gasteiger partial charge >= 0.3 is 0 Å². The van der Waals surface area contributed by atoms with E-state index in [1.807, 2.05) is 18.2 Å². The van der Waals surface area contributed by atoms with Gasteiger partial charge in [-0.1, -0.05) is 26.7 Å². The summed E-state index contributed by atoms with van der Waals surface area (Å²) in [5, 5.41) is 0. The SMILES string of the molecule is CCCC(CCC)NOc1ccc2c(c1)OCO2. The zero-order valence-electron chi connectivity index (χ0n) is 11.1. The number of nitrogens with one attached hydrogen (secondary N) is 1. The third-order valence-corrected chi connectivity index (χ3v) is 2.96. The van der Waals surface area contributed by atoms with Crippen molar-refractivity contribution in [1.82, 2.24) is 5.48 Å². The Morgan fingerprint density at radius 2 is 1.89 bits per heavy atom. The van der Waals surface area contributed by atoms with Crippen molar-refractivity contribution in [2.24, 2.45) is 0 Å². The summed E-state index contributed by atoms with van der Waals surface area (Å²) in [5.41, 5.74) is 3.13. The minimum atomic E-state index is 0.292. The van der Waals surface area contributed by atoms with Gasteiger partial charge in [-0.15, -0.1) is 0 Å². The standard InChI is InChI=1S/C14H21NO3/c1-3-5-11(6-4-2)15-18-12-7-8-13-14(9-12)17-10-16-13/h7-9,11,15H,3-6,10H2,1-2H3. The van der Waals surface area contributed by atoms with Gasteiger partial charge in [0.1, 0.15) is 0 Å². The Labute approximate surface area is 108 Å². The Bertz CT molecular complexity index is 375. The van der Waals surface area contributed by atoms with E-state index >= 15 is 0 Å². The Morgan fingerprint density at radius 1 is 1.17 bits per heavy atom. The highest BCUT2D eigenvalue weighted by atomic mass is 16.7. The summed E-state index contributed by atoms with van der Waals surface area (Å²) in [6.07, 6.45) is 4.56. The van der Waals surface area contributed by atoms with Crippen LogP contribution < -0.4 is 19.8 Å². The molecule has 100 valence electrons. The second-order valence-corrected chi connectivity index (χ2v) is 4.51. The van der Waals surface area contributed by atoms with E-state index in [-0.39, 0.29) is 0 Å². The topological polar surface area (TPSA) is 39.7 Å². The summed E-state index contributed by atoms with van der Waals surface area (Å²) in [4.78, 5) is 5.61. The maximum Gasteiger partial charge on any atom is 0.231 e. The second kappa shape index (κ2) is 6.50. The summed E-state index contributed by atoms with van der Waals surface area (Å²) in [7, 11) is 0. The predicted octanol–water partition coefficient (Wildman–Crippen LogP) is 3.27. The molecule has 0 atom stereocenters. The zero-order valence-corrected chi connectivity index (χ0v) is 11.1. The first-order chi connectivity index (χ1) is 8.83. The molecule has 1 aliphatic rings. The second-order valence-electron chi connectivity index (χ2n) is 4.51. The molecule has 0 bridgehead atoms. The number of hydrogen-bond donors (Lipinski definition) is 1. The Morgan fingerprint density at radius 3 is 2.61 bits per heavy atom. The number of fused-ring (bicyclic) bond motifs is 1. The fraction of sp³-hybridized carbons (Fsp3) is 0.571. The number of hydrogen-bond acceptors (Lipinski definition) is 4. The molecule has 0 aliphatic carbocycles. The van der Waals surface area contributed by atoms with E-state index in [4.69, 9.17) is 14.3 Å². The lowest BCUT2D eigenvalue weighted by molar-refractivity contribution is 0.143. The van der Waals surface area contributed by atoms with Gasteiger partial charge in [-0.05, 0) is 25.0 Å². The van der Waals surface area contributed by atoms with E-state index in [0.717, 1.165) is 42.9 Å². The molecule has 1 aliphatic heterocycles. The van der Waals surface area contributed by atoms with Crippen LogP contribution in [0, 0.1) is 0 Å². The Balaban J connectivity index is 1.88. The molecule has 2 rings (SSSR count). The summed E-state index contributed by atoms with van der Waals surface area (Å²) in [5.74, 6) is 2.29. The molecule has 1 aromatic rings. The quantitative estimate of drug-likeness (QED) is 0.755. The maximum atomic E-state index is 5.61. The monoisotopic (exact) mass is 251 g/mol. The first-order valence-electron chi connectivity index (χ1n) is 6.65. The number of ether oxygens (including phenoxy) is 2. The van der Waals surface area contributed by atoms with Crippen LogP contribution in [0.2, 0.25) is 0 Å². The van der Waals surface area contributed by atoms with Crippen molar-refractivity contribution < 1.29 is 14.3 Å². The number of rotatable bonds is 7. The molecule has 0 saturated carbocycles. The summed E-state index contributed by atoms with van der Waals surface area (Å²) < 4.78 is 10.6. The largest absolute Gasteiger partial charge is 0.454 e. The van der Waals surface area contributed by atoms with Crippen LogP contribution in [0.4, 0.5) is 0 Å². The van der Waals surface area contributed by atoms with Crippen molar-refractivity contribution in [3.63, 3.8) is 0 Å². The smallest absolute Gasteiger partial charge is 0.231 e. The fourth-order valence-corrected chi connectivity index (χ4v) is 2.05. The van der Waals surface area contributed by atoms with E-state index in [2.05, 4.69) is 19.3 Å². The van der Waals surface area contributed by atoms with Crippen LogP contribution in [0.15, 0.2) is 18.2 Å². The lowest BCUT2D eigenvalue weighted by Crippen LogP contribution is -2.31. The molecule has 18 heavy (non-hydrogen) atoms. The Hall–Kier alpha value is -1.42. The summed E-state index contributed by atoms with van der Waals surface area (Å²) in [6, 6.07) is 6.01. The van der Waals surface area contributed by atoms with E-state index in [0.29, 0.717) is 12.8 Å². The zero-order chi connectivity index (χ0) is 12.8. The molecule has 0 saturated heterocycles. The molecular formula is C14H21NO3. The van der Waals surface area contributed by atoms with Crippen LogP contribution in [0.25, 0.3) is 0 Å². The van der Waals surface area contributed by atoms with Crippen molar-refractivity contribution in [2.75, 3.05) is 6.79 Å². The number of benzene rings is 1. The van der Waals surface area contributed by atoms with Gasteiger partial charge in [0.15, 0.2) is 17.2 Å². The highest BCUT2D eigenvalue weighted by Gasteiger charge is 2.14. The van der Waals surface area contributed by atoms with Gasteiger partial charge in [-0.2, -0.15) is 5.48 Å². The fourth-order valence-electron chi connectivity index (χ4n) is 2.05. The van der Waals surface area contributed by atoms with Gasteiger partial charge in [0.25, 0.3) is 0 Å². The molecule has 0 radical (unpaired) electrons. The van der Waals surface area contributed by atoms with Gasteiger partial charge in [-0.25, -0.2) is 0 Å². The molecule has 1 heterocycles. The van der Waals surface area contributed by atoms with Crippen molar-refractivity contribution in [3.8, 4) is 17.2 Å². The van der Waals surface area contributed by atoms with Crippen molar-refractivity contribution in [3.05, 3.63) is 18.2 Å². The van der Waals surface area contributed by atoms with Crippen LogP contribution in [-0.4, -0.2) is 12.8 Å². The molecule has 4 heteroatoms. The molecule has 0 amide bonds. The first kappa shape index (κ1) is 13.0. The lowest BCUT2D eigenvalue weighted by Gasteiger charge is -2.17. The van der Waals surface area contributed by atoms with E-state index in [1.54, 1.807) is 0 Å². The van der Waals surface area contributed by atoms with Crippen molar-refractivity contribution in [1.29, 1.82) is 0 Å². The van der Waals surface area contributed by atoms with Gasteiger partial charge in [-0.3, -0.25) is 0 Å². The normalized spacial score (nSPS) is 13.1. The minimum absolute atomic E-state index is 0.292. The highest BCUT2D eigenvalue weighted by molar-refractivity contribution is 5.46. The van der Waals surface area contributed by atoms with Gasteiger partial charge in [0, 0.05) is 12.1 Å². The van der Waals surface area contributed by atoms with Gasteiger partial charge < -0.3 is 14.3 Å². The van der Waals surface area contributed by atoms with Crippen LogP contribution in [0.5, 0.6) is 17.2 Å². The van der Waals surface area contributed by atoms with Crippen molar-refractivity contribution >= 4 is 0 Å². The molecule has 4 nitrogen and oxygen atoms in total. The first-order valence-corrected chi connectivity index (χ1v) is 6.65. The molecule has 0 aromatic heterocycles. The lowest BCUT2D eigenvalue weighted by atomic mass is 10.1. The van der Waals surface area contributed by atoms with Crippen molar-refractivity contribution in [2.45, 2.75) is 45.6 Å². The van der Waals surface area contributed by atoms with Gasteiger partial charge in [0.05, 0.1) is 0 Å². The van der Waals surface area contributed by atoms with Gasteiger partial charge in [0.2, 0.25) is 6.79 Å². The van der Waals surface area contributed by atoms with Crippen LogP contribution in [0.1, 0.15) is 39.5 Å². The maximum absolute atomic E-state index is 5.61. The average molecular weight is 251 g/mol. The molecule has 1 N–H and O–H groups in total. The molecule has 0 fully saturated rings. The van der Waals surface area contributed by atoms with E-state index < -0.39 is 0 Å². The third-order valence-electron chi connectivity index (χ3n) is 2.96. The average Bonchev–Trinajstić information content (AvgIpc) is 2.84. The molecule has 0 spiro atoms. The predicted molar refractivity (Wildman–Crippen MR) is 69.9 cm³/mol. The minimum Gasteiger partial charge on any atom is -0.454 e. The third kappa shape index (κ3) is 3.29. The number of hydroxylamine groups is 1. The Kier molecular flexibility index (Phi) is 4.70. The molecule has 0 unspecified atom stereocenters. The van der Waals surface area contributed by atoms with E-state index in [9.17, 15) is 0 Å². The summed E-state index contributed by atoms with van der Waals surface area (Å²) >= 11 is 0. The molecule has 1 aromatic carbocycles. The highest BCUT2D eigenvalue weighted by Crippen LogP contribution is 2.34.